The summed E-state index contributed by atoms with van der Waals surface area (Å²) in [7, 11) is 0. The van der Waals surface area contributed by atoms with Crippen LogP contribution >= 0.6 is 11.3 Å². The van der Waals surface area contributed by atoms with E-state index in [-0.39, 0.29) is 17.5 Å². The number of carbonyl (C=O) groups is 1. The topological polar surface area (TPSA) is 80.8 Å². The van der Waals surface area contributed by atoms with E-state index in [4.69, 9.17) is 4.99 Å². The Hall–Kier alpha value is -3.23. The van der Waals surface area contributed by atoms with E-state index in [9.17, 15) is 9.59 Å². The average molecular weight is 530 g/mol. The van der Waals surface area contributed by atoms with Crippen LogP contribution in [-0.4, -0.2) is 58.1 Å². The monoisotopic (exact) mass is 529 g/mol. The first-order chi connectivity index (χ1) is 18.4. The van der Waals surface area contributed by atoms with E-state index in [1.807, 2.05) is 17.0 Å². The van der Waals surface area contributed by atoms with Crippen molar-refractivity contribution in [3.63, 3.8) is 0 Å². The smallest absolute Gasteiger partial charge is 0.259 e. The molecule has 1 aromatic carbocycles. The molecule has 0 unspecified atom stereocenters. The lowest BCUT2D eigenvalue weighted by Crippen LogP contribution is -2.40. The zero-order valence-corrected chi connectivity index (χ0v) is 23.2. The summed E-state index contributed by atoms with van der Waals surface area (Å²) in [5.41, 5.74) is 7.03. The number of nitrogens with one attached hydrogen (secondary N) is 2. The van der Waals surface area contributed by atoms with Gasteiger partial charge in [0, 0.05) is 54.7 Å². The lowest BCUT2D eigenvalue weighted by atomic mass is 10.00. The average Bonchev–Trinajstić information content (AvgIpc) is 3.66. The van der Waals surface area contributed by atoms with E-state index in [1.165, 1.54) is 16.9 Å². The summed E-state index contributed by atoms with van der Waals surface area (Å²) in [5.74, 6) is 0.122. The Morgan fingerprint density at radius 2 is 2.11 bits per heavy atom. The van der Waals surface area contributed by atoms with Gasteiger partial charge in [0.05, 0.1) is 22.6 Å². The molecule has 0 radical (unpaired) electrons. The number of aromatic amines is 1. The van der Waals surface area contributed by atoms with Crippen molar-refractivity contribution in [3.8, 4) is 0 Å². The quantitative estimate of drug-likeness (QED) is 0.435. The number of carbonyl (C=O) groups excluding carboxylic acids is 1. The van der Waals surface area contributed by atoms with Crippen LogP contribution in [0.15, 0.2) is 45.6 Å². The van der Waals surface area contributed by atoms with Gasteiger partial charge in [0.1, 0.15) is 0 Å². The molecule has 0 aliphatic carbocycles. The maximum absolute atomic E-state index is 13.3. The van der Waals surface area contributed by atoms with Gasteiger partial charge in [-0.25, -0.2) is 0 Å². The summed E-state index contributed by atoms with van der Waals surface area (Å²) < 4.78 is 0. The Morgan fingerprint density at radius 1 is 1.24 bits per heavy atom. The van der Waals surface area contributed by atoms with Crippen LogP contribution in [-0.2, 0) is 19.4 Å². The number of fused-ring (bicyclic) bond motifs is 2. The van der Waals surface area contributed by atoms with Gasteiger partial charge >= 0.3 is 0 Å². The van der Waals surface area contributed by atoms with Crippen molar-refractivity contribution < 1.29 is 4.79 Å². The standard InChI is InChI=1S/C30H35N5O2S/c1-4-34-10-5-6-22(34)17-35-16-21-15-25-20(13-23(21)30(35)37)14-26(33-25)28-24(7-9-31-29(28)36)32-19(3)12-27-18(2)8-11-38-27/h7-9,11,13,15,19,22H,4-6,10,12,14,16-17H2,1-3H3,(H2,31,32,36)/t19-,22-/m0/s1. The van der Waals surface area contributed by atoms with Crippen molar-refractivity contribution in [3.05, 3.63) is 78.9 Å². The third-order valence-electron chi connectivity index (χ3n) is 8.24. The number of H-pyrrole nitrogens is 1. The van der Waals surface area contributed by atoms with Gasteiger partial charge in [-0.3, -0.25) is 19.5 Å². The Bertz CT molecular complexity index is 1470. The minimum absolute atomic E-state index is 0.122. The second-order valence-electron chi connectivity index (χ2n) is 10.9. The summed E-state index contributed by atoms with van der Waals surface area (Å²) in [4.78, 5) is 39.9. The number of thiophene rings is 1. The minimum atomic E-state index is -0.145. The summed E-state index contributed by atoms with van der Waals surface area (Å²) in [6, 6.07) is 8.76. The minimum Gasteiger partial charge on any atom is -0.381 e. The normalized spacial score (nSPS) is 19.6. The van der Waals surface area contributed by atoms with Gasteiger partial charge in [-0.05, 0) is 86.1 Å². The fraction of sp³-hybridized carbons (Fsp3) is 0.433. The number of nitrogens with zero attached hydrogens (tertiary/aromatic N) is 3. The van der Waals surface area contributed by atoms with E-state index in [2.05, 4.69) is 53.5 Å². The number of aliphatic imine (C=N–C) groups is 1. The van der Waals surface area contributed by atoms with Crippen LogP contribution in [0.1, 0.15) is 64.2 Å². The number of pyridine rings is 1. The molecular weight excluding hydrogens is 494 g/mol. The summed E-state index contributed by atoms with van der Waals surface area (Å²) >= 11 is 1.77. The molecule has 0 saturated carbocycles. The predicted octanol–water partition coefficient (Wildman–Crippen LogP) is 4.90. The molecule has 3 aliphatic rings. The fourth-order valence-electron chi connectivity index (χ4n) is 6.22. The number of likely N-dealkylation sites (tertiary alicyclic amines) is 1. The van der Waals surface area contributed by atoms with Crippen LogP contribution in [0.5, 0.6) is 0 Å². The van der Waals surface area contributed by atoms with E-state index >= 15 is 0 Å². The number of hydrogen-bond acceptors (Lipinski definition) is 6. The van der Waals surface area contributed by atoms with Gasteiger partial charge in [-0.2, -0.15) is 0 Å². The van der Waals surface area contributed by atoms with E-state index in [1.54, 1.807) is 17.5 Å². The second kappa shape index (κ2) is 10.2. The highest BCUT2D eigenvalue weighted by Crippen LogP contribution is 2.36. The SMILES string of the molecule is CCN1CCC[C@H]1CN1Cc2cc3c(cc2C1=O)CC(c1c(N[C@@H](C)Cc2sccc2C)cc[nH]c1=O)=N3. The zero-order chi connectivity index (χ0) is 26.4. The van der Waals surface area contributed by atoms with Crippen LogP contribution in [0.3, 0.4) is 0 Å². The molecule has 0 bridgehead atoms. The van der Waals surface area contributed by atoms with Crippen LogP contribution in [0, 0.1) is 6.92 Å². The van der Waals surface area contributed by atoms with Gasteiger partial charge in [-0.1, -0.05) is 6.92 Å². The summed E-state index contributed by atoms with van der Waals surface area (Å²) in [6.45, 7) is 10.1. The highest BCUT2D eigenvalue weighted by Gasteiger charge is 2.34. The van der Waals surface area contributed by atoms with Crippen LogP contribution in [0.2, 0.25) is 0 Å². The molecule has 1 amide bonds. The molecule has 198 valence electrons. The van der Waals surface area contributed by atoms with Gasteiger partial charge in [0.15, 0.2) is 0 Å². The maximum atomic E-state index is 13.3. The molecule has 38 heavy (non-hydrogen) atoms. The molecule has 2 atom stereocenters. The Kier molecular flexibility index (Phi) is 6.70. The van der Waals surface area contributed by atoms with Crippen molar-refractivity contribution in [1.29, 1.82) is 0 Å². The summed E-state index contributed by atoms with van der Waals surface area (Å²) in [6.07, 6.45) is 5.49. The number of benzene rings is 1. The van der Waals surface area contributed by atoms with Gasteiger partial charge in [-0.15, -0.1) is 11.3 Å². The van der Waals surface area contributed by atoms with Gasteiger partial charge in [0.2, 0.25) is 0 Å². The molecule has 3 aromatic rings. The second-order valence-corrected chi connectivity index (χ2v) is 11.9. The van der Waals surface area contributed by atoms with Gasteiger partial charge in [0.25, 0.3) is 11.5 Å². The Balaban J connectivity index is 1.22. The molecule has 0 spiro atoms. The van der Waals surface area contributed by atoms with E-state index in [0.29, 0.717) is 24.6 Å². The molecule has 3 aliphatic heterocycles. The molecule has 1 saturated heterocycles. The fourth-order valence-corrected chi connectivity index (χ4v) is 7.26. The molecule has 5 heterocycles. The largest absolute Gasteiger partial charge is 0.381 e. The number of hydrogen-bond donors (Lipinski definition) is 2. The number of likely N-dealkylation sites (N-methyl/N-ethyl adjacent to an activating group) is 1. The first kappa shape index (κ1) is 25.1. The van der Waals surface area contributed by atoms with Crippen molar-refractivity contribution >= 4 is 34.3 Å². The highest BCUT2D eigenvalue weighted by molar-refractivity contribution is 7.10. The van der Waals surface area contributed by atoms with Crippen molar-refractivity contribution in [2.24, 2.45) is 4.99 Å². The molecule has 8 heteroatoms. The number of aromatic nitrogens is 1. The van der Waals surface area contributed by atoms with Gasteiger partial charge < -0.3 is 15.2 Å². The van der Waals surface area contributed by atoms with Crippen LogP contribution < -0.4 is 10.9 Å². The van der Waals surface area contributed by atoms with E-state index in [0.717, 1.165) is 66.3 Å². The van der Waals surface area contributed by atoms with Crippen LogP contribution in [0.4, 0.5) is 11.4 Å². The molecular formula is C30H35N5O2S. The van der Waals surface area contributed by atoms with Crippen molar-refractivity contribution in [2.75, 3.05) is 25.0 Å². The van der Waals surface area contributed by atoms with E-state index < -0.39 is 0 Å². The lowest BCUT2D eigenvalue weighted by molar-refractivity contribution is 0.0731. The van der Waals surface area contributed by atoms with Crippen molar-refractivity contribution in [1.82, 2.24) is 14.8 Å². The molecule has 1 fully saturated rings. The molecule has 2 N–H and O–H groups in total. The lowest BCUT2D eigenvalue weighted by Gasteiger charge is -2.27. The predicted molar refractivity (Wildman–Crippen MR) is 154 cm³/mol. The van der Waals surface area contributed by atoms with Crippen LogP contribution in [0.25, 0.3) is 0 Å². The highest BCUT2D eigenvalue weighted by atomic mass is 32.1. The third-order valence-corrected chi connectivity index (χ3v) is 9.29. The first-order valence-electron chi connectivity index (χ1n) is 13.7. The number of aryl methyl sites for hydroxylation is 1. The Labute approximate surface area is 227 Å². The third kappa shape index (κ3) is 4.60. The number of anilines is 1. The Morgan fingerprint density at radius 3 is 2.89 bits per heavy atom. The maximum Gasteiger partial charge on any atom is 0.259 e. The summed E-state index contributed by atoms with van der Waals surface area (Å²) in [5, 5.41) is 5.68. The van der Waals surface area contributed by atoms with Crippen molar-refractivity contribution in [2.45, 2.75) is 65.1 Å². The number of amides is 1. The number of rotatable bonds is 8. The molecule has 6 rings (SSSR count). The molecule has 7 nitrogen and oxygen atoms in total. The first-order valence-corrected chi connectivity index (χ1v) is 14.6. The zero-order valence-electron chi connectivity index (χ0n) is 22.3. The molecule has 2 aromatic heterocycles.